The van der Waals surface area contributed by atoms with Crippen molar-refractivity contribution in [1.82, 2.24) is 25.2 Å². The van der Waals surface area contributed by atoms with Crippen molar-refractivity contribution in [2.75, 3.05) is 56.2 Å². The molecular weight excluding hydrogens is 522 g/mol. The van der Waals surface area contributed by atoms with E-state index in [0.717, 1.165) is 69.8 Å². The fraction of sp³-hybridized carbons (Fsp3) is 0.912. The molecule has 3 fully saturated rings. The minimum absolute atomic E-state index is 0.0621. The first-order chi connectivity index (χ1) is 19.5. The highest BCUT2D eigenvalue weighted by Gasteiger charge is 2.41. The smallest absolute Gasteiger partial charge is 0.230 e. The van der Waals surface area contributed by atoms with Crippen LogP contribution in [0.2, 0.25) is 0 Å². The summed E-state index contributed by atoms with van der Waals surface area (Å²) in [6, 6.07) is 1.10. The largest absolute Gasteiger partial charge is 0.378 e. The van der Waals surface area contributed by atoms with Gasteiger partial charge in [-0.05, 0) is 104 Å². The Balaban J connectivity index is 1.38. The zero-order valence-corrected chi connectivity index (χ0v) is 28.9. The molecule has 1 saturated carbocycles. The lowest BCUT2D eigenvalue weighted by Crippen LogP contribution is -2.62. The second kappa shape index (κ2) is 13.2. The normalized spacial score (nSPS) is 24.2. The molecule has 0 unspecified atom stereocenters. The number of unbranched alkanes of at least 4 members (excludes halogenated alkanes) is 3. The van der Waals surface area contributed by atoms with E-state index in [4.69, 9.17) is 19.7 Å². The lowest BCUT2D eigenvalue weighted by atomic mass is 9.63. The summed E-state index contributed by atoms with van der Waals surface area (Å²) >= 11 is 0. The molecule has 0 atom stereocenters. The molecule has 3 heterocycles. The summed E-state index contributed by atoms with van der Waals surface area (Å²) in [7, 11) is 2.36. The van der Waals surface area contributed by atoms with E-state index in [-0.39, 0.29) is 11.1 Å². The molecule has 0 radical (unpaired) electrons. The van der Waals surface area contributed by atoms with E-state index in [1.807, 2.05) is 6.92 Å². The Hall–Kier alpha value is -1.51. The molecule has 1 N–H and O–H groups in total. The number of rotatable bonds is 11. The third-order valence-corrected chi connectivity index (χ3v) is 9.70. The van der Waals surface area contributed by atoms with E-state index in [1.54, 1.807) is 0 Å². The molecule has 1 aliphatic carbocycles. The topological polar surface area (TPSA) is 69.7 Å². The number of nitrogens with one attached hydrogen (secondary N) is 1. The van der Waals surface area contributed by atoms with Crippen LogP contribution in [-0.4, -0.2) is 89.5 Å². The van der Waals surface area contributed by atoms with E-state index in [1.165, 1.54) is 45.1 Å². The van der Waals surface area contributed by atoms with Gasteiger partial charge >= 0.3 is 0 Å². The van der Waals surface area contributed by atoms with Gasteiger partial charge in [-0.2, -0.15) is 15.0 Å². The van der Waals surface area contributed by atoms with Crippen molar-refractivity contribution >= 4 is 11.9 Å². The maximum Gasteiger partial charge on any atom is 0.230 e. The van der Waals surface area contributed by atoms with Crippen LogP contribution in [0.3, 0.4) is 0 Å². The van der Waals surface area contributed by atoms with Crippen LogP contribution in [0.15, 0.2) is 0 Å². The Morgan fingerprint density at radius 1 is 0.762 bits per heavy atom. The van der Waals surface area contributed by atoms with Gasteiger partial charge in [0.15, 0.2) is 0 Å². The summed E-state index contributed by atoms with van der Waals surface area (Å²) in [5.74, 6) is 2.45. The Labute approximate surface area is 257 Å². The van der Waals surface area contributed by atoms with Crippen molar-refractivity contribution in [2.45, 2.75) is 143 Å². The maximum absolute atomic E-state index is 5.59. The van der Waals surface area contributed by atoms with Crippen LogP contribution in [0.25, 0.3) is 0 Å². The van der Waals surface area contributed by atoms with E-state index in [9.17, 15) is 0 Å². The highest BCUT2D eigenvalue weighted by molar-refractivity contribution is 5.41. The Morgan fingerprint density at radius 3 is 1.93 bits per heavy atom. The third kappa shape index (κ3) is 9.49. The molecule has 8 nitrogen and oxygen atoms in total. The number of ether oxygens (including phenoxy) is 1. The predicted molar refractivity (Wildman–Crippen MR) is 176 cm³/mol. The lowest BCUT2D eigenvalue weighted by Gasteiger charge is -2.49. The van der Waals surface area contributed by atoms with Crippen LogP contribution >= 0.6 is 0 Å². The van der Waals surface area contributed by atoms with Crippen molar-refractivity contribution in [3.05, 3.63) is 5.82 Å². The second-order valence-corrected chi connectivity index (χ2v) is 16.7. The monoisotopic (exact) mass is 586 g/mol. The van der Waals surface area contributed by atoms with Crippen LogP contribution < -0.4 is 15.1 Å². The number of aromatic nitrogens is 3. The summed E-state index contributed by atoms with van der Waals surface area (Å²) in [6.07, 6.45) is 11.1. The Morgan fingerprint density at radius 2 is 1.33 bits per heavy atom. The maximum atomic E-state index is 5.59. The van der Waals surface area contributed by atoms with Crippen molar-refractivity contribution < 1.29 is 4.74 Å². The fourth-order valence-corrected chi connectivity index (χ4v) is 8.70. The van der Waals surface area contributed by atoms with Gasteiger partial charge in [0, 0.05) is 42.8 Å². The third-order valence-electron chi connectivity index (χ3n) is 9.70. The van der Waals surface area contributed by atoms with Gasteiger partial charge in [-0.1, -0.05) is 40.5 Å². The summed E-state index contributed by atoms with van der Waals surface area (Å²) in [4.78, 5) is 22.2. The van der Waals surface area contributed by atoms with Gasteiger partial charge in [-0.3, -0.25) is 0 Å². The van der Waals surface area contributed by atoms with Crippen LogP contribution in [-0.2, 0) is 4.74 Å². The molecule has 0 bridgehead atoms. The van der Waals surface area contributed by atoms with Gasteiger partial charge in [0.2, 0.25) is 11.9 Å². The van der Waals surface area contributed by atoms with E-state index >= 15 is 0 Å². The molecule has 0 spiro atoms. The summed E-state index contributed by atoms with van der Waals surface area (Å²) in [6.45, 7) is 26.5. The molecule has 8 heteroatoms. The first-order valence-corrected chi connectivity index (χ1v) is 16.8. The number of hydrogen-bond donors (Lipinski definition) is 1. The van der Waals surface area contributed by atoms with Gasteiger partial charge in [0.1, 0.15) is 5.82 Å². The number of piperidine rings is 1. The molecule has 2 aliphatic heterocycles. The number of hydrogen-bond acceptors (Lipinski definition) is 8. The molecular formula is C34H63N7O. The molecule has 0 amide bonds. The van der Waals surface area contributed by atoms with Gasteiger partial charge in [-0.15, -0.1) is 0 Å². The van der Waals surface area contributed by atoms with Gasteiger partial charge in [-0.25, -0.2) is 0 Å². The predicted octanol–water partition coefficient (Wildman–Crippen LogP) is 6.23. The Kier molecular flexibility index (Phi) is 10.5. The highest BCUT2D eigenvalue weighted by Crippen LogP contribution is 2.47. The van der Waals surface area contributed by atoms with E-state index < -0.39 is 0 Å². The number of anilines is 2. The SMILES string of the molecule is Cc1nc(N2CCOCC2)nc(N(CCCCCCN(C)C2CC(C)(C)CC(C)(C)C2)C2CC(C)(C)NC(C)(C)C2)n1. The molecule has 0 aromatic carbocycles. The zero-order chi connectivity index (χ0) is 30.8. The standard InChI is InChI=1S/C34H63N7O/c1-26-35-29(40-17-19-42-20-18-40)37-30(36-26)41(28-23-33(6,7)38-34(8,9)24-28)16-14-12-11-13-15-39(10)27-21-31(2,3)25-32(4,5)22-27/h27-28,38H,11-25H2,1-10H3. The second-order valence-electron chi connectivity index (χ2n) is 16.7. The molecule has 1 aromatic heterocycles. The molecule has 42 heavy (non-hydrogen) atoms. The number of nitrogens with zero attached hydrogens (tertiary/aromatic N) is 6. The average molecular weight is 586 g/mol. The lowest BCUT2D eigenvalue weighted by molar-refractivity contribution is 0.0349. The Bertz CT molecular complexity index is 985. The number of aryl methyl sites for hydroxylation is 1. The first-order valence-electron chi connectivity index (χ1n) is 16.8. The minimum atomic E-state index is 0.0621. The van der Waals surface area contributed by atoms with Crippen LogP contribution in [0.1, 0.15) is 119 Å². The molecule has 1 aromatic rings. The van der Waals surface area contributed by atoms with E-state index in [2.05, 4.69) is 82.5 Å². The average Bonchev–Trinajstić information content (AvgIpc) is 2.84. The van der Waals surface area contributed by atoms with Crippen molar-refractivity contribution in [3.63, 3.8) is 0 Å². The molecule has 4 rings (SSSR count). The van der Waals surface area contributed by atoms with Crippen molar-refractivity contribution in [3.8, 4) is 0 Å². The summed E-state index contributed by atoms with van der Waals surface area (Å²) in [5.41, 5.74) is 1.01. The van der Waals surface area contributed by atoms with Crippen LogP contribution in [0.4, 0.5) is 11.9 Å². The van der Waals surface area contributed by atoms with E-state index in [0.29, 0.717) is 22.9 Å². The zero-order valence-electron chi connectivity index (χ0n) is 28.9. The van der Waals surface area contributed by atoms with Crippen molar-refractivity contribution in [2.24, 2.45) is 10.8 Å². The molecule has 240 valence electrons. The molecule has 3 aliphatic rings. The molecule has 2 saturated heterocycles. The number of morpholine rings is 1. The van der Waals surface area contributed by atoms with Gasteiger partial charge in [0.05, 0.1) is 13.2 Å². The van der Waals surface area contributed by atoms with Crippen molar-refractivity contribution in [1.29, 1.82) is 0 Å². The fourth-order valence-electron chi connectivity index (χ4n) is 8.70. The van der Waals surface area contributed by atoms with Crippen LogP contribution in [0, 0.1) is 17.8 Å². The quantitative estimate of drug-likeness (QED) is 0.307. The van der Waals surface area contributed by atoms with Crippen LogP contribution in [0.5, 0.6) is 0 Å². The first kappa shape index (κ1) is 33.4. The van der Waals surface area contributed by atoms with Gasteiger partial charge < -0.3 is 24.8 Å². The summed E-state index contributed by atoms with van der Waals surface area (Å²) < 4.78 is 5.59. The summed E-state index contributed by atoms with van der Waals surface area (Å²) in [5, 5.41) is 3.87. The van der Waals surface area contributed by atoms with Gasteiger partial charge in [0.25, 0.3) is 0 Å². The minimum Gasteiger partial charge on any atom is -0.378 e. The highest BCUT2D eigenvalue weighted by atomic mass is 16.5.